The lowest BCUT2D eigenvalue weighted by Gasteiger charge is -2.20. The van der Waals surface area contributed by atoms with E-state index in [1.165, 1.54) is 31.4 Å². The first-order valence-corrected chi connectivity index (χ1v) is 13.1. The van der Waals surface area contributed by atoms with E-state index in [-0.39, 0.29) is 51.8 Å². The fourth-order valence-electron chi connectivity index (χ4n) is 3.82. The van der Waals surface area contributed by atoms with E-state index in [0.717, 1.165) is 11.6 Å². The number of sulfone groups is 1. The maximum Gasteiger partial charge on any atom is 0.275 e. The number of methoxy groups -OCH3 is 1. The first-order chi connectivity index (χ1) is 18.2. The highest BCUT2D eigenvalue weighted by atomic mass is 32.2. The summed E-state index contributed by atoms with van der Waals surface area (Å²) in [6.45, 7) is 0.0386. The molecule has 3 rings (SSSR count). The smallest absolute Gasteiger partial charge is 0.275 e. The summed E-state index contributed by atoms with van der Waals surface area (Å²) in [6.07, 6.45) is 0.942. The van der Waals surface area contributed by atoms with Crippen molar-refractivity contribution in [3.8, 4) is 11.5 Å². The van der Waals surface area contributed by atoms with E-state index in [4.69, 9.17) is 20.4 Å². The average Bonchev–Trinajstić information content (AvgIpc) is 2.94. The van der Waals surface area contributed by atoms with Crippen molar-refractivity contribution in [2.24, 2.45) is 0 Å². The monoisotopic (exact) mass is 543 g/mol. The quantitative estimate of drug-likeness (QED) is 0.0994. The lowest BCUT2D eigenvalue weighted by Crippen LogP contribution is -2.23. The van der Waals surface area contributed by atoms with Gasteiger partial charge >= 0.3 is 0 Å². The predicted octanol–water partition coefficient (Wildman–Crippen LogP) is 2.87. The summed E-state index contributed by atoms with van der Waals surface area (Å²) in [5.74, 6) is -1.06. The Bertz CT molecular complexity index is 1380. The van der Waals surface area contributed by atoms with E-state index in [2.05, 4.69) is 0 Å². The lowest BCUT2D eigenvalue weighted by molar-refractivity contribution is -0.129. The SMILES string of the molecule is COc1ccc(S(=O)(=O)c2cc(C(=O)NO)c(Cc3ccccc3)c(OCCCCC(=O)NO)c2N)cc1. The van der Waals surface area contributed by atoms with Crippen molar-refractivity contribution in [2.75, 3.05) is 19.5 Å². The molecule has 3 aromatic rings. The second-order valence-electron chi connectivity index (χ2n) is 8.27. The van der Waals surface area contributed by atoms with Gasteiger partial charge in [0.05, 0.1) is 34.8 Å². The molecule has 6 N–H and O–H groups in total. The van der Waals surface area contributed by atoms with E-state index >= 15 is 0 Å². The number of nitrogens with two attached hydrogens (primary N) is 1. The predicted molar refractivity (Wildman–Crippen MR) is 137 cm³/mol. The van der Waals surface area contributed by atoms with Gasteiger partial charge in [0, 0.05) is 18.4 Å². The molecule has 11 nitrogen and oxygen atoms in total. The fourth-order valence-corrected chi connectivity index (χ4v) is 5.22. The molecule has 0 aliphatic carbocycles. The van der Waals surface area contributed by atoms with Crippen molar-refractivity contribution in [3.05, 3.63) is 77.4 Å². The first kappa shape index (κ1) is 28.4. The molecule has 38 heavy (non-hydrogen) atoms. The van der Waals surface area contributed by atoms with E-state index in [1.807, 2.05) is 18.2 Å². The number of ether oxygens (including phenoxy) is 2. The van der Waals surface area contributed by atoms with Crippen molar-refractivity contribution in [1.29, 1.82) is 0 Å². The molecular weight excluding hydrogens is 514 g/mol. The largest absolute Gasteiger partial charge is 0.497 e. The Morgan fingerprint density at radius 1 is 0.974 bits per heavy atom. The Morgan fingerprint density at radius 3 is 2.26 bits per heavy atom. The van der Waals surface area contributed by atoms with Crippen molar-refractivity contribution in [2.45, 2.75) is 35.5 Å². The van der Waals surface area contributed by atoms with Crippen LogP contribution < -0.4 is 26.2 Å². The van der Waals surface area contributed by atoms with Gasteiger partial charge < -0.3 is 15.2 Å². The number of nitrogen functional groups attached to an aromatic ring is 1. The van der Waals surface area contributed by atoms with Gasteiger partial charge in [-0.25, -0.2) is 19.4 Å². The molecule has 0 heterocycles. The van der Waals surface area contributed by atoms with Crippen LogP contribution in [0.1, 0.15) is 40.7 Å². The minimum absolute atomic E-state index is 0.0198. The summed E-state index contributed by atoms with van der Waals surface area (Å²) in [7, 11) is -2.77. The normalized spacial score (nSPS) is 11.0. The van der Waals surface area contributed by atoms with Crippen LogP contribution in [0.25, 0.3) is 0 Å². The van der Waals surface area contributed by atoms with Crippen molar-refractivity contribution >= 4 is 27.3 Å². The summed E-state index contributed by atoms with van der Waals surface area (Å²) >= 11 is 0. The number of carbonyl (C=O) groups excluding carboxylic acids is 2. The van der Waals surface area contributed by atoms with Gasteiger partial charge in [-0.15, -0.1) is 0 Å². The molecule has 202 valence electrons. The van der Waals surface area contributed by atoms with Crippen molar-refractivity contribution < 1.29 is 37.9 Å². The molecule has 0 saturated heterocycles. The maximum atomic E-state index is 13.6. The number of unbranched alkanes of at least 4 members (excludes halogenated alkanes) is 1. The van der Waals surface area contributed by atoms with Gasteiger partial charge in [0.2, 0.25) is 15.7 Å². The minimum atomic E-state index is -4.22. The molecular formula is C26H29N3O8S. The van der Waals surface area contributed by atoms with Gasteiger partial charge in [0.15, 0.2) is 0 Å². The highest BCUT2D eigenvalue weighted by Crippen LogP contribution is 2.39. The highest BCUT2D eigenvalue weighted by Gasteiger charge is 2.29. The Morgan fingerprint density at radius 2 is 1.66 bits per heavy atom. The van der Waals surface area contributed by atoms with Crippen LogP contribution in [0.4, 0.5) is 5.69 Å². The van der Waals surface area contributed by atoms with E-state index in [0.29, 0.717) is 18.6 Å². The van der Waals surface area contributed by atoms with Crippen LogP contribution in [0.15, 0.2) is 70.5 Å². The standard InChI is InChI=1S/C26H29N3O8S/c1-36-18-10-12-19(13-11-18)38(34,35)22-16-21(26(31)29-33)20(15-17-7-3-2-4-8-17)25(24(22)27)37-14-6-5-9-23(30)28-32/h2-4,7-8,10-13,16,32-33H,5-6,9,14-15,27H2,1H3,(H,28,30)(H,29,31). The summed E-state index contributed by atoms with van der Waals surface area (Å²) in [6, 6.07) is 15.8. The van der Waals surface area contributed by atoms with Crippen LogP contribution in [0.5, 0.6) is 11.5 Å². The number of benzene rings is 3. The third-order valence-corrected chi connectivity index (χ3v) is 7.59. The zero-order chi connectivity index (χ0) is 27.7. The van der Waals surface area contributed by atoms with Gasteiger partial charge in [0.25, 0.3) is 5.91 Å². The lowest BCUT2D eigenvalue weighted by atomic mass is 9.97. The summed E-state index contributed by atoms with van der Waals surface area (Å²) in [5, 5.41) is 18.1. The second-order valence-corrected chi connectivity index (χ2v) is 10.2. The molecule has 0 unspecified atom stereocenters. The van der Waals surface area contributed by atoms with Crippen LogP contribution in [0, 0.1) is 0 Å². The molecule has 0 aliphatic rings. The first-order valence-electron chi connectivity index (χ1n) is 11.6. The second kappa shape index (κ2) is 12.9. The molecule has 0 spiro atoms. The van der Waals surface area contributed by atoms with E-state index in [1.54, 1.807) is 23.1 Å². The number of carbonyl (C=O) groups is 2. The van der Waals surface area contributed by atoms with Crippen LogP contribution in [0.2, 0.25) is 0 Å². The minimum Gasteiger partial charge on any atom is -0.497 e. The molecule has 0 radical (unpaired) electrons. The Balaban J connectivity index is 2.12. The van der Waals surface area contributed by atoms with Gasteiger partial charge in [0.1, 0.15) is 11.5 Å². The third-order valence-electron chi connectivity index (χ3n) is 5.78. The van der Waals surface area contributed by atoms with Crippen LogP contribution >= 0.6 is 0 Å². The van der Waals surface area contributed by atoms with Crippen LogP contribution in [0.3, 0.4) is 0 Å². The molecule has 2 amide bonds. The van der Waals surface area contributed by atoms with Crippen molar-refractivity contribution in [3.63, 3.8) is 0 Å². The number of hydrogen-bond donors (Lipinski definition) is 5. The van der Waals surface area contributed by atoms with Crippen LogP contribution in [-0.2, 0) is 21.1 Å². The van der Waals surface area contributed by atoms with Crippen molar-refractivity contribution in [1.82, 2.24) is 11.0 Å². The van der Waals surface area contributed by atoms with E-state index < -0.39 is 21.7 Å². The van der Waals surface area contributed by atoms with Crippen LogP contribution in [-0.4, -0.2) is 44.4 Å². The molecule has 0 fully saturated rings. The Labute approximate surface area is 220 Å². The van der Waals surface area contributed by atoms with Gasteiger partial charge in [-0.2, -0.15) is 0 Å². The molecule has 0 aliphatic heterocycles. The molecule has 0 bridgehead atoms. The topological polar surface area (TPSA) is 177 Å². The molecule has 12 heteroatoms. The molecule has 0 saturated carbocycles. The maximum absolute atomic E-state index is 13.6. The highest BCUT2D eigenvalue weighted by molar-refractivity contribution is 7.91. The van der Waals surface area contributed by atoms with E-state index in [9.17, 15) is 23.2 Å². The summed E-state index contributed by atoms with van der Waals surface area (Å²) < 4.78 is 38.2. The summed E-state index contributed by atoms with van der Waals surface area (Å²) in [4.78, 5) is 23.6. The third kappa shape index (κ3) is 6.59. The number of amides is 2. The Kier molecular flexibility index (Phi) is 9.66. The van der Waals surface area contributed by atoms with Gasteiger partial charge in [-0.3, -0.25) is 20.0 Å². The summed E-state index contributed by atoms with van der Waals surface area (Å²) in [5.41, 5.74) is 10.2. The zero-order valence-corrected chi connectivity index (χ0v) is 21.5. The van der Waals surface area contributed by atoms with Gasteiger partial charge in [-0.1, -0.05) is 30.3 Å². The average molecular weight is 544 g/mol. The number of rotatable bonds is 12. The molecule has 0 atom stereocenters. The van der Waals surface area contributed by atoms with Gasteiger partial charge in [-0.05, 0) is 48.7 Å². The number of anilines is 1. The molecule has 3 aromatic carbocycles. The number of hydroxylamine groups is 2. The number of hydrogen-bond acceptors (Lipinski definition) is 9. The zero-order valence-electron chi connectivity index (χ0n) is 20.6. The Hall–Kier alpha value is -4.13. The molecule has 0 aromatic heterocycles. The fraction of sp³-hybridized carbons (Fsp3) is 0.231. The number of nitrogens with one attached hydrogen (secondary N) is 2.